The normalized spacial score (nSPS) is 18.8. The molecule has 0 fully saturated rings. The van der Waals surface area contributed by atoms with Crippen LogP contribution in [0.25, 0.3) is 22.3 Å². The number of hydrogen-bond donors (Lipinski definition) is 0. The first-order chi connectivity index (χ1) is 16.8. The molecule has 164 valence electrons. The summed E-state index contributed by atoms with van der Waals surface area (Å²) in [6.45, 7) is 0. The summed E-state index contributed by atoms with van der Waals surface area (Å²) in [5, 5.41) is 10.2. The molecule has 0 saturated heterocycles. The molecule has 0 spiro atoms. The fourth-order valence-corrected chi connectivity index (χ4v) is 4.86. The molecule has 34 heavy (non-hydrogen) atoms. The lowest BCUT2D eigenvalue weighted by Crippen LogP contribution is -2.46. The molecule has 1 aliphatic carbocycles. The molecule has 6 nitrogen and oxygen atoms in total. The van der Waals surface area contributed by atoms with Gasteiger partial charge in [0.2, 0.25) is 0 Å². The molecule has 2 unspecified atom stereocenters. The summed E-state index contributed by atoms with van der Waals surface area (Å²) < 4.78 is 10.3. The van der Waals surface area contributed by atoms with Crippen molar-refractivity contribution in [2.75, 3.05) is 4.90 Å². The third-order valence-electron chi connectivity index (χ3n) is 6.42. The van der Waals surface area contributed by atoms with E-state index in [9.17, 15) is 0 Å². The van der Waals surface area contributed by atoms with Crippen molar-refractivity contribution < 1.29 is 4.74 Å². The summed E-state index contributed by atoms with van der Waals surface area (Å²) in [5.41, 5.74) is 5.24. The molecule has 3 aromatic carbocycles. The zero-order chi connectivity index (χ0) is 22.5. The molecule has 0 saturated carbocycles. The number of nitrogens with zero attached hydrogens (tertiary/aromatic N) is 5. The van der Waals surface area contributed by atoms with E-state index in [0.29, 0.717) is 0 Å². The van der Waals surface area contributed by atoms with Crippen LogP contribution < -0.4 is 9.64 Å². The highest BCUT2D eigenvalue weighted by molar-refractivity contribution is 5.84. The zero-order valence-corrected chi connectivity index (χ0v) is 18.3. The standard InChI is InChI=1S/C28H21N5O/c1-2-10-24-20(7-1)19-30-33(24)23-13-14-28-26(18-23)32(25-11-3-4-12-27(25)34-28)22-9-5-8-21(17-22)31-16-6-15-29-31/h1-19,26,28H. The number of benzene rings is 3. The van der Waals surface area contributed by atoms with Crippen LogP contribution in [0.2, 0.25) is 0 Å². The van der Waals surface area contributed by atoms with Gasteiger partial charge in [0, 0.05) is 23.5 Å². The van der Waals surface area contributed by atoms with E-state index in [1.807, 2.05) is 52.1 Å². The van der Waals surface area contributed by atoms with Crippen LogP contribution in [0.15, 0.2) is 116 Å². The number of fused-ring (bicyclic) bond motifs is 3. The van der Waals surface area contributed by atoms with E-state index in [1.165, 1.54) is 0 Å². The Bertz CT molecular complexity index is 1560. The Balaban J connectivity index is 1.38. The van der Waals surface area contributed by atoms with Gasteiger partial charge in [-0.1, -0.05) is 36.4 Å². The number of hydrogen-bond acceptors (Lipinski definition) is 4. The summed E-state index contributed by atoms with van der Waals surface area (Å²) in [4.78, 5) is 2.35. The van der Waals surface area contributed by atoms with Crippen molar-refractivity contribution in [2.24, 2.45) is 0 Å². The van der Waals surface area contributed by atoms with Gasteiger partial charge in [0.05, 0.1) is 34.8 Å². The molecule has 0 N–H and O–H groups in total. The molecule has 2 atom stereocenters. The third-order valence-corrected chi connectivity index (χ3v) is 6.42. The van der Waals surface area contributed by atoms with Crippen molar-refractivity contribution in [3.8, 4) is 11.4 Å². The minimum atomic E-state index is -0.117. The van der Waals surface area contributed by atoms with E-state index in [-0.39, 0.29) is 12.1 Å². The molecular formula is C28H21N5O. The Labute approximate surface area is 196 Å². The van der Waals surface area contributed by atoms with Gasteiger partial charge in [-0.25, -0.2) is 9.36 Å². The highest BCUT2D eigenvalue weighted by Crippen LogP contribution is 2.43. The Morgan fingerprint density at radius 2 is 1.71 bits per heavy atom. The summed E-state index contributed by atoms with van der Waals surface area (Å²) >= 11 is 0. The molecule has 2 aromatic heterocycles. The third kappa shape index (κ3) is 2.96. The minimum absolute atomic E-state index is 0.0364. The number of rotatable bonds is 3. The lowest BCUT2D eigenvalue weighted by Gasteiger charge is -2.42. The molecule has 0 amide bonds. The average molecular weight is 444 g/mol. The molecule has 1 aliphatic heterocycles. The number of allylic oxidation sites excluding steroid dienone is 2. The van der Waals surface area contributed by atoms with Crippen LogP contribution in [0.1, 0.15) is 0 Å². The molecule has 0 radical (unpaired) electrons. The minimum Gasteiger partial charge on any atom is -0.482 e. The predicted molar refractivity (Wildman–Crippen MR) is 133 cm³/mol. The van der Waals surface area contributed by atoms with Gasteiger partial charge in [0.1, 0.15) is 11.9 Å². The van der Waals surface area contributed by atoms with Crippen LogP contribution in [0.5, 0.6) is 5.75 Å². The lowest BCUT2D eigenvalue weighted by molar-refractivity contribution is 0.218. The van der Waals surface area contributed by atoms with E-state index in [4.69, 9.17) is 4.74 Å². The molecule has 3 heterocycles. The average Bonchev–Trinajstić information content (AvgIpc) is 3.58. The van der Waals surface area contributed by atoms with Gasteiger partial charge in [0.15, 0.2) is 0 Å². The fraction of sp³-hybridized carbons (Fsp3) is 0.0714. The van der Waals surface area contributed by atoms with Crippen LogP contribution >= 0.6 is 0 Å². The first kappa shape index (κ1) is 18.9. The zero-order valence-electron chi connectivity index (χ0n) is 18.3. The van der Waals surface area contributed by atoms with E-state index in [2.05, 4.69) is 81.9 Å². The van der Waals surface area contributed by atoms with Crippen LogP contribution in [0.4, 0.5) is 11.4 Å². The highest BCUT2D eigenvalue weighted by Gasteiger charge is 2.36. The Hall–Kier alpha value is -4.58. The van der Waals surface area contributed by atoms with Crippen LogP contribution in [0, 0.1) is 0 Å². The summed E-state index contributed by atoms with van der Waals surface area (Å²) in [5.74, 6) is 0.874. The Morgan fingerprint density at radius 1 is 0.824 bits per heavy atom. The van der Waals surface area contributed by atoms with Crippen molar-refractivity contribution in [3.63, 3.8) is 0 Å². The largest absolute Gasteiger partial charge is 0.482 e. The highest BCUT2D eigenvalue weighted by atomic mass is 16.5. The second-order valence-corrected chi connectivity index (χ2v) is 8.45. The summed E-state index contributed by atoms with van der Waals surface area (Å²) in [6.07, 6.45) is 12.0. The van der Waals surface area contributed by atoms with Crippen LogP contribution in [-0.2, 0) is 0 Å². The van der Waals surface area contributed by atoms with Gasteiger partial charge < -0.3 is 9.64 Å². The van der Waals surface area contributed by atoms with E-state index < -0.39 is 0 Å². The molecule has 2 aliphatic rings. The van der Waals surface area contributed by atoms with Crippen LogP contribution in [0.3, 0.4) is 0 Å². The number of para-hydroxylation sites is 3. The first-order valence-electron chi connectivity index (χ1n) is 11.3. The topological polar surface area (TPSA) is 48.1 Å². The summed E-state index contributed by atoms with van der Waals surface area (Å²) in [7, 11) is 0. The second-order valence-electron chi connectivity index (χ2n) is 8.45. The van der Waals surface area contributed by atoms with Gasteiger partial charge in [-0.05, 0) is 60.7 Å². The van der Waals surface area contributed by atoms with Crippen molar-refractivity contribution in [1.29, 1.82) is 0 Å². The Kier molecular flexibility index (Phi) is 4.17. The SMILES string of the molecule is C1=CC2Oc3ccccc3N(c3cccc(-n4cccn4)c3)C2C=C1n1ncc2ccccc21. The van der Waals surface area contributed by atoms with Gasteiger partial charge in [0.25, 0.3) is 0 Å². The Morgan fingerprint density at radius 3 is 2.65 bits per heavy atom. The van der Waals surface area contributed by atoms with Crippen molar-refractivity contribution >= 4 is 28.0 Å². The van der Waals surface area contributed by atoms with Crippen LogP contribution in [-0.4, -0.2) is 31.7 Å². The fourth-order valence-electron chi connectivity index (χ4n) is 4.86. The van der Waals surface area contributed by atoms with E-state index >= 15 is 0 Å². The monoisotopic (exact) mass is 443 g/mol. The summed E-state index contributed by atoms with van der Waals surface area (Å²) in [6, 6.07) is 26.8. The van der Waals surface area contributed by atoms with Gasteiger partial charge in [-0.15, -0.1) is 0 Å². The smallest absolute Gasteiger partial charge is 0.144 e. The second kappa shape index (κ2) is 7.49. The molecule has 6 heteroatoms. The molecular weight excluding hydrogens is 422 g/mol. The van der Waals surface area contributed by atoms with Gasteiger partial charge >= 0.3 is 0 Å². The first-order valence-corrected chi connectivity index (χ1v) is 11.3. The number of ether oxygens (including phenoxy) is 1. The van der Waals surface area contributed by atoms with Gasteiger partial charge in [-0.3, -0.25) is 0 Å². The number of anilines is 2. The van der Waals surface area contributed by atoms with Crippen molar-refractivity contribution in [1.82, 2.24) is 19.6 Å². The number of aromatic nitrogens is 4. The van der Waals surface area contributed by atoms with Crippen molar-refractivity contribution in [2.45, 2.75) is 12.1 Å². The molecule has 7 rings (SSSR count). The van der Waals surface area contributed by atoms with Crippen molar-refractivity contribution in [3.05, 3.63) is 116 Å². The maximum Gasteiger partial charge on any atom is 0.144 e. The van der Waals surface area contributed by atoms with E-state index in [1.54, 1.807) is 6.20 Å². The molecule has 5 aromatic rings. The maximum absolute atomic E-state index is 6.42. The molecule has 0 bridgehead atoms. The maximum atomic E-state index is 6.42. The lowest BCUT2D eigenvalue weighted by atomic mass is 9.97. The predicted octanol–water partition coefficient (Wildman–Crippen LogP) is 5.60. The quantitative estimate of drug-likeness (QED) is 0.364. The van der Waals surface area contributed by atoms with Gasteiger partial charge in [-0.2, -0.15) is 10.2 Å². The van der Waals surface area contributed by atoms with E-state index in [0.717, 1.165) is 39.4 Å².